The summed E-state index contributed by atoms with van der Waals surface area (Å²) in [6.45, 7) is 10.6. The molecule has 0 radical (unpaired) electrons. The second-order valence-electron chi connectivity index (χ2n) is 6.67. The van der Waals surface area contributed by atoms with E-state index in [0.29, 0.717) is 0 Å². The van der Waals surface area contributed by atoms with Crippen molar-refractivity contribution in [3.63, 3.8) is 0 Å². The molecule has 1 saturated heterocycles. The van der Waals surface area contributed by atoms with Gasteiger partial charge in [0.25, 0.3) is 0 Å². The Bertz CT molecular complexity index is 597. The van der Waals surface area contributed by atoms with Crippen LogP contribution < -0.4 is 4.74 Å². The smallest absolute Gasteiger partial charge is 0.414 e. The highest BCUT2D eigenvalue weighted by Crippen LogP contribution is 2.21. The summed E-state index contributed by atoms with van der Waals surface area (Å²) < 4.78 is 5.97. The van der Waals surface area contributed by atoms with Crippen molar-refractivity contribution in [2.24, 2.45) is 0 Å². The van der Waals surface area contributed by atoms with E-state index in [0.717, 1.165) is 25.2 Å². The Morgan fingerprint density at radius 2 is 1.81 bits per heavy atom. The molecule has 27 heavy (non-hydrogen) atoms. The summed E-state index contributed by atoms with van der Waals surface area (Å²) in [5.74, 6) is -2.62. The highest BCUT2D eigenvalue weighted by Gasteiger charge is 2.09. The highest BCUT2D eigenvalue weighted by atomic mass is 16.5. The van der Waals surface area contributed by atoms with Gasteiger partial charge in [-0.2, -0.15) is 0 Å². The van der Waals surface area contributed by atoms with E-state index in [9.17, 15) is 0 Å². The molecule has 0 atom stereocenters. The molecule has 6 heteroatoms. The second-order valence-corrected chi connectivity index (χ2v) is 6.67. The molecule has 0 bridgehead atoms. The van der Waals surface area contributed by atoms with Crippen LogP contribution in [-0.4, -0.2) is 53.3 Å². The minimum absolute atomic E-state index is 0.820. The summed E-state index contributed by atoms with van der Waals surface area (Å²) >= 11 is 0. The number of rotatable bonds is 8. The molecule has 1 aromatic rings. The van der Waals surface area contributed by atoms with Crippen LogP contribution >= 0.6 is 0 Å². The standard InChI is InChI=1S/C19H29NO.C2H2O4/c1-3-9-18-16-17(2)10-11-19(18)21-15-8-7-14-20-12-5-4-6-13-20;3-1(4)2(5)6/h3,10-11,16H,1,4-9,12-15H2,2H3;(H,3,4)(H,5,6). The fourth-order valence-electron chi connectivity index (χ4n) is 2.97. The first-order valence-corrected chi connectivity index (χ1v) is 9.46. The number of carbonyl (C=O) groups is 2. The molecule has 1 heterocycles. The first kappa shape index (κ1) is 22.7. The van der Waals surface area contributed by atoms with Crippen molar-refractivity contribution in [1.29, 1.82) is 0 Å². The molecule has 2 N–H and O–H groups in total. The van der Waals surface area contributed by atoms with Gasteiger partial charge in [0.2, 0.25) is 0 Å². The van der Waals surface area contributed by atoms with E-state index in [-0.39, 0.29) is 0 Å². The third-order valence-electron chi connectivity index (χ3n) is 4.34. The zero-order chi connectivity index (χ0) is 20.1. The Hall–Kier alpha value is -2.34. The summed E-state index contributed by atoms with van der Waals surface area (Å²) in [5.41, 5.74) is 2.53. The van der Waals surface area contributed by atoms with Crippen molar-refractivity contribution in [1.82, 2.24) is 4.90 Å². The van der Waals surface area contributed by atoms with E-state index in [1.807, 2.05) is 6.08 Å². The third-order valence-corrected chi connectivity index (χ3v) is 4.34. The number of unbranched alkanes of at least 4 members (excludes halogenated alkanes) is 1. The molecule has 1 aromatic carbocycles. The number of aryl methyl sites for hydroxylation is 1. The fourth-order valence-corrected chi connectivity index (χ4v) is 2.97. The van der Waals surface area contributed by atoms with Gasteiger partial charge in [-0.3, -0.25) is 0 Å². The van der Waals surface area contributed by atoms with Crippen LogP contribution in [0.3, 0.4) is 0 Å². The van der Waals surface area contributed by atoms with Crippen LogP contribution in [-0.2, 0) is 16.0 Å². The summed E-state index contributed by atoms with van der Waals surface area (Å²) in [7, 11) is 0. The molecule has 6 nitrogen and oxygen atoms in total. The second kappa shape index (κ2) is 12.9. The topological polar surface area (TPSA) is 87.1 Å². The lowest BCUT2D eigenvalue weighted by Crippen LogP contribution is -2.30. The van der Waals surface area contributed by atoms with E-state index < -0.39 is 11.9 Å². The van der Waals surface area contributed by atoms with Crippen LogP contribution in [0.2, 0.25) is 0 Å². The predicted octanol–water partition coefficient (Wildman–Crippen LogP) is 3.52. The molecule has 1 aliphatic heterocycles. The number of carboxylic acid groups (broad SMARTS) is 2. The molecule has 0 aliphatic carbocycles. The van der Waals surface area contributed by atoms with Crippen LogP contribution in [0, 0.1) is 6.92 Å². The molecule has 150 valence electrons. The summed E-state index contributed by atoms with van der Waals surface area (Å²) in [4.78, 5) is 20.8. The van der Waals surface area contributed by atoms with Crippen molar-refractivity contribution >= 4 is 11.9 Å². The Balaban J connectivity index is 0.000000527. The number of hydrogen-bond donors (Lipinski definition) is 2. The number of carboxylic acids is 2. The van der Waals surface area contributed by atoms with Crippen LogP contribution in [0.1, 0.15) is 43.2 Å². The van der Waals surface area contributed by atoms with Gasteiger partial charge in [0.05, 0.1) is 6.61 Å². The number of nitrogens with zero attached hydrogens (tertiary/aromatic N) is 1. The summed E-state index contributed by atoms with van der Waals surface area (Å²) in [6, 6.07) is 6.42. The Labute approximate surface area is 161 Å². The third kappa shape index (κ3) is 9.80. The van der Waals surface area contributed by atoms with Crippen LogP contribution in [0.25, 0.3) is 0 Å². The Morgan fingerprint density at radius 1 is 1.15 bits per heavy atom. The van der Waals surface area contributed by atoms with Crippen LogP contribution in [0.5, 0.6) is 5.75 Å². The summed E-state index contributed by atoms with van der Waals surface area (Å²) in [5, 5.41) is 14.8. The monoisotopic (exact) mass is 377 g/mol. The summed E-state index contributed by atoms with van der Waals surface area (Å²) in [6.07, 6.45) is 9.37. The molecule has 0 spiro atoms. The number of benzene rings is 1. The van der Waals surface area contributed by atoms with Gasteiger partial charge in [0.15, 0.2) is 0 Å². The van der Waals surface area contributed by atoms with Crippen molar-refractivity contribution < 1.29 is 24.5 Å². The van der Waals surface area contributed by atoms with Gasteiger partial charge in [-0.15, -0.1) is 6.58 Å². The molecular weight excluding hydrogens is 346 g/mol. The molecule has 0 unspecified atom stereocenters. The maximum atomic E-state index is 9.10. The number of ether oxygens (including phenoxy) is 1. The van der Waals surface area contributed by atoms with Gasteiger partial charge in [0, 0.05) is 0 Å². The fraction of sp³-hybridized carbons (Fsp3) is 0.524. The number of piperidine rings is 1. The molecular formula is C21H31NO5. The minimum Gasteiger partial charge on any atom is -0.493 e. The highest BCUT2D eigenvalue weighted by molar-refractivity contribution is 6.27. The van der Waals surface area contributed by atoms with Gasteiger partial charge >= 0.3 is 11.9 Å². The van der Waals surface area contributed by atoms with E-state index >= 15 is 0 Å². The molecule has 0 amide bonds. The molecule has 1 fully saturated rings. The molecule has 1 aliphatic rings. The molecule has 0 aromatic heterocycles. The predicted molar refractivity (Wildman–Crippen MR) is 105 cm³/mol. The molecule has 0 saturated carbocycles. The largest absolute Gasteiger partial charge is 0.493 e. The number of allylic oxidation sites excluding steroid dienone is 1. The van der Waals surface area contributed by atoms with Gasteiger partial charge in [0.1, 0.15) is 5.75 Å². The van der Waals surface area contributed by atoms with E-state index in [1.165, 1.54) is 56.4 Å². The van der Waals surface area contributed by atoms with Gasteiger partial charge in [-0.25, -0.2) is 9.59 Å². The van der Waals surface area contributed by atoms with E-state index in [4.69, 9.17) is 24.5 Å². The average molecular weight is 377 g/mol. The first-order chi connectivity index (χ1) is 12.9. The van der Waals surface area contributed by atoms with Gasteiger partial charge in [-0.1, -0.05) is 30.2 Å². The average Bonchev–Trinajstić information content (AvgIpc) is 2.64. The van der Waals surface area contributed by atoms with E-state index in [1.54, 1.807) is 0 Å². The maximum absolute atomic E-state index is 9.10. The minimum atomic E-state index is -1.82. The van der Waals surface area contributed by atoms with Crippen molar-refractivity contribution in [3.8, 4) is 5.75 Å². The zero-order valence-electron chi connectivity index (χ0n) is 16.2. The number of aliphatic carboxylic acids is 2. The van der Waals surface area contributed by atoms with Crippen molar-refractivity contribution in [3.05, 3.63) is 42.0 Å². The first-order valence-electron chi connectivity index (χ1n) is 9.46. The normalized spacial score (nSPS) is 14.0. The zero-order valence-corrected chi connectivity index (χ0v) is 16.2. The lowest BCUT2D eigenvalue weighted by molar-refractivity contribution is -0.159. The lowest BCUT2D eigenvalue weighted by atomic mass is 10.1. The van der Waals surface area contributed by atoms with Crippen molar-refractivity contribution in [2.45, 2.75) is 45.4 Å². The van der Waals surface area contributed by atoms with Gasteiger partial charge < -0.3 is 19.8 Å². The van der Waals surface area contributed by atoms with Crippen molar-refractivity contribution in [2.75, 3.05) is 26.2 Å². The maximum Gasteiger partial charge on any atom is 0.414 e. The Morgan fingerprint density at radius 3 is 2.41 bits per heavy atom. The van der Waals surface area contributed by atoms with E-state index in [2.05, 4.69) is 36.6 Å². The number of hydrogen-bond acceptors (Lipinski definition) is 4. The Kier molecular flexibility index (Phi) is 10.9. The lowest BCUT2D eigenvalue weighted by Gasteiger charge is -2.26. The van der Waals surface area contributed by atoms with Crippen LogP contribution in [0.4, 0.5) is 0 Å². The number of likely N-dealkylation sites (tertiary alicyclic amines) is 1. The molecule has 2 rings (SSSR count). The SMILES string of the molecule is C=CCc1cc(C)ccc1OCCCCN1CCCCC1.O=C(O)C(=O)O. The van der Waals surface area contributed by atoms with Crippen LogP contribution in [0.15, 0.2) is 30.9 Å². The quantitative estimate of drug-likeness (QED) is 0.409. The van der Waals surface area contributed by atoms with Gasteiger partial charge in [-0.05, 0) is 70.3 Å².